The van der Waals surface area contributed by atoms with Gasteiger partial charge in [0.15, 0.2) is 0 Å². The van der Waals surface area contributed by atoms with Gasteiger partial charge in [-0.2, -0.15) is 0 Å². The fourth-order valence-corrected chi connectivity index (χ4v) is 3.22. The summed E-state index contributed by atoms with van der Waals surface area (Å²) in [4.78, 5) is 2.36. The van der Waals surface area contributed by atoms with Gasteiger partial charge in [-0.25, -0.2) is 0 Å². The molecule has 0 spiro atoms. The average Bonchev–Trinajstić information content (AvgIpc) is 2.34. The van der Waals surface area contributed by atoms with Gasteiger partial charge in [-0.15, -0.1) is 0 Å². The van der Waals surface area contributed by atoms with Gasteiger partial charge in [0.1, 0.15) is 0 Å². The summed E-state index contributed by atoms with van der Waals surface area (Å²) in [5.41, 5.74) is 0.697. The summed E-state index contributed by atoms with van der Waals surface area (Å²) in [7, 11) is 0. The first-order chi connectivity index (χ1) is 9.37. The van der Waals surface area contributed by atoms with Crippen LogP contribution in [0.25, 0.3) is 0 Å². The molecule has 3 nitrogen and oxygen atoms in total. The largest absolute Gasteiger partial charge is 0.388 e. The van der Waals surface area contributed by atoms with Gasteiger partial charge in [0.25, 0.3) is 0 Å². The molecule has 1 N–H and O–H groups in total. The molecule has 1 saturated heterocycles. The van der Waals surface area contributed by atoms with E-state index in [4.69, 9.17) is 16.3 Å². The summed E-state index contributed by atoms with van der Waals surface area (Å²) in [6.07, 6.45) is 0.410. The Hall–Kier alpha value is -0.610. The van der Waals surface area contributed by atoms with E-state index in [1.54, 1.807) is 0 Å². The highest BCUT2D eigenvalue weighted by Gasteiger charge is 2.31. The first-order valence-corrected chi connectivity index (χ1v) is 7.58. The smallest absolute Gasteiger partial charge is 0.0816 e. The number of aliphatic hydroxyl groups excluding tert-OH is 1. The van der Waals surface area contributed by atoms with Crippen LogP contribution in [-0.4, -0.2) is 41.3 Å². The van der Waals surface area contributed by atoms with Crippen molar-refractivity contribution < 1.29 is 9.84 Å². The van der Waals surface area contributed by atoms with Gasteiger partial charge in [-0.3, -0.25) is 4.90 Å². The number of hydrogen-bond acceptors (Lipinski definition) is 3. The lowest BCUT2D eigenvalue weighted by atomic mass is 10.0. The van der Waals surface area contributed by atoms with Crippen LogP contribution in [0.5, 0.6) is 0 Å². The van der Waals surface area contributed by atoms with Gasteiger partial charge in [-0.1, -0.05) is 29.8 Å². The number of benzene rings is 1. The van der Waals surface area contributed by atoms with Crippen molar-refractivity contribution in [1.29, 1.82) is 0 Å². The van der Waals surface area contributed by atoms with Crippen molar-refractivity contribution in [3.05, 3.63) is 34.9 Å². The van der Waals surface area contributed by atoms with E-state index < -0.39 is 6.10 Å². The minimum Gasteiger partial charge on any atom is -0.388 e. The van der Waals surface area contributed by atoms with Crippen LogP contribution in [0.4, 0.5) is 0 Å². The van der Waals surface area contributed by atoms with Crippen molar-refractivity contribution in [2.24, 2.45) is 0 Å². The molecule has 20 heavy (non-hydrogen) atoms. The van der Waals surface area contributed by atoms with Crippen molar-refractivity contribution in [2.75, 3.05) is 19.6 Å². The normalized spacial score (nSPS) is 24.6. The van der Waals surface area contributed by atoms with Crippen molar-refractivity contribution in [3.8, 4) is 0 Å². The van der Waals surface area contributed by atoms with Crippen molar-refractivity contribution in [1.82, 2.24) is 4.90 Å². The van der Waals surface area contributed by atoms with Crippen LogP contribution in [0.1, 0.15) is 38.9 Å². The molecule has 112 valence electrons. The molecule has 0 bridgehead atoms. The summed E-state index contributed by atoms with van der Waals surface area (Å²) in [6.45, 7) is 8.98. The molecule has 1 aliphatic heterocycles. The molecule has 0 aliphatic carbocycles. The average molecular weight is 298 g/mol. The van der Waals surface area contributed by atoms with Crippen LogP contribution in [0.3, 0.4) is 0 Å². The number of morpholine rings is 1. The van der Waals surface area contributed by atoms with Gasteiger partial charge >= 0.3 is 0 Å². The lowest BCUT2D eigenvalue weighted by Crippen LogP contribution is -2.52. The fraction of sp³-hybridized carbons (Fsp3) is 0.625. The molecular formula is C16H24ClNO2. The Balaban J connectivity index is 1.90. The Morgan fingerprint density at radius 1 is 1.45 bits per heavy atom. The topological polar surface area (TPSA) is 32.7 Å². The standard InChI is InChI=1S/C16H24ClNO2/c1-12-10-18(11-16(2,3)20-12)9-8-15(19)13-6-4-5-7-14(13)17/h4-7,12,15,19H,8-11H2,1-3H3. The van der Waals surface area contributed by atoms with E-state index >= 15 is 0 Å². The van der Waals surface area contributed by atoms with Crippen LogP contribution in [-0.2, 0) is 4.74 Å². The lowest BCUT2D eigenvalue weighted by Gasteiger charge is -2.42. The van der Waals surface area contributed by atoms with E-state index in [0.717, 1.165) is 25.2 Å². The Labute approximate surface area is 126 Å². The number of rotatable bonds is 4. The number of halogens is 1. The van der Waals surface area contributed by atoms with Crippen LogP contribution in [0.15, 0.2) is 24.3 Å². The maximum Gasteiger partial charge on any atom is 0.0816 e. The van der Waals surface area contributed by atoms with Gasteiger partial charge in [0, 0.05) is 24.7 Å². The number of nitrogens with zero attached hydrogens (tertiary/aromatic N) is 1. The summed E-state index contributed by atoms with van der Waals surface area (Å²) in [5, 5.41) is 10.9. The molecule has 1 aromatic carbocycles. The first-order valence-electron chi connectivity index (χ1n) is 7.20. The molecule has 0 aromatic heterocycles. The predicted molar refractivity (Wildman–Crippen MR) is 82.1 cm³/mol. The predicted octanol–water partition coefficient (Wildman–Crippen LogP) is 3.26. The Bertz CT molecular complexity index is 450. The summed E-state index contributed by atoms with van der Waals surface area (Å²) >= 11 is 6.12. The second-order valence-electron chi connectivity index (χ2n) is 6.25. The number of aliphatic hydroxyl groups is 1. The van der Waals surface area contributed by atoms with Crippen LogP contribution in [0.2, 0.25) is 5.02 Å². The fourth-order valence-electron chi connectivity index (χ4n) is 2.96. The zero-order chi connectivity index (χ0) is 14.8. The van der Waals surface area contributed by atoms with E-state index in [0.29, 0.717) is 11.4 Å². The quantitative estimate of drug-likeness (QED) is 0.926. The minimum absolute atomic E-state index is 0.118. The molecule has 1 aromatic rings. The maximum atomic E-state index is 10.3. The van der Waals surface area contributed by atoms with Crippen LogP contribution < -0.4 is 0 Å². The molecular weight excluding hydrogens is 274 g/mol. The summed E-state index contributed by atoms with van der Waals surface area (Å²) in [5.74, 6) is 0. The van der Waals surface area contributed by atoms with E-state index in [1.165, 1.54) is 0 Å². The van der Waals surface area contributed by atoms with Gasteiger partial charge in [-0.05, 0) is 38.8 Å². The number of hydrogen-bond donors (Lipinski definition) is 1. The van der Waals surface area contributed by atoms with Crippen molar-refractivity contribution in [3.63, 3.8) is 0 Å². The van der Waals surface area contributed by atoms with Gasteiger partial charge in [0.05, 0.1) is 17.8 Å². The highest BCUT2D eigenvalue weighted by molar-refractivity contribution is 6.31. The highest BCUT2D eigenvalue weighted by atomic mass is 35.5. The van der Waals surface area contributed by atoms with Crippen LogP contribution >= 0.6 is 11.6 Å². The highest BCUT2D eigenvalue weighted by Crippen LogP contribution is 2.26. The molecule has 0 saturated carbocycles. The molecule has 2 atom stereocenters. The summed E-state index contributed by atoms with van der Waals surface area (Å²) in [6, 6.07) is 7.49. The van der Waals surface area contributed by atoms with E-state index in [2.05, 4.69) is 25.7 Å². The minimum atomic E-state index is -0.509. The second kappa shape index (κ2) is 6.44. The van der Waals surface area contributed by atoms with E-state index in [1.807, 2.05) is 24.3 Å². The zero-order valence-corrected chi connectivity index (χ0v) is 13.2. The molecule has 1 aliphatic rings. The first kappa shape index (κ1) is 15.8. The maximum absolute atomic E-state index is 10.3. The molecule has 0 amide bonds. The SMILES string of the molecule is CC1CN(CCC(O)c2ccccc2Cl)CC(C)(C)O1. The molecule has 2 rings (SSSR count). The Kier molecular flexibility index (Phi) is 5.08. The molecule has 1 heterocycles. The number of ether oxygens (including phenoxy) is 1. The van der Waals surface area contributed by atoms with Gasteiger partial charge < -0.3 is 9.84 Å². The summed E-state index contributed by atoms with van der Waals surface area (Å²) < 4.78 is 5.89. The third kappa shape index (κ3) is 4.19. The van der Waals surface area contributed by atoms with Crippen molar-refractivity contribution >= 4 is 11.6 Å². The molecule has 0 radical (unpaired) electrons. The Morgan fingerprint density at radius 2 is 2.15 bits per heavy atom. The molecule has 2 unspecified atom stereocenters. The zero-order valence-electron chi connectivity index (χ0n) is 12.5. The lowest BCUT2D eigenvalue weighted by molar-refractivity contribution is -0.130. The van der Waals surface area contributed by atoms with E-state index in [-0.39, 0.29) is 11.7 Å². The van der Waals surface area contributed by atoms with Crippen LogP contribution in [0, 0.1) is 0 Å². The monoisotopic (exact) mass is 297 g/mol. The molecule has 1 fully saturated rings. The third-order valence-corrected chi connectivity index (χ3v) is 3.97. The van der Waals surface area contributed by atoms with E-state index in [9.17, 15) is 5.11 Å². The van der Waals surface area contributed by atoms with Crippen molar-refractivity contribution in [2.45, 2.75) is 45.0 Å². The Morgan fingerprint density at radius 3 is 2.80 bits per heavy atom. The third-order valence-electron chi connectivity index (χ3n) is 3.62. The second-order valence-corrected chi connectivity index (χ2v) is 6.66. The molecule has 4 heteroatoms. The van der Waals surface area contributed by atoms with Gasteiger partial charge in [0.2, 0.25) is 0 Å².